The van der Waals surface area contributed by atoms with Crippen LogP contribution >= 0.6 is 0 Å². The van der Waals surface area contributed by atoms with Crippen molar-refractivity contribution in [3.05, 3.63) is 11.3 Å². The molecule has 0 spiro atoms. The summed E-state index contributed by atoms with van der Waals surface area (Å²) in [4.78, 5) is 17.0. The highest BCUT2D eigenvalue weighted by molar-refractivity contribution is 5.94. The molecule has 23 heavy (non-hydrogen) atoms. The number of esters is 1. The largest absolute Gasteiger partial charge is 0.431 e. The molecule has 4 aliphatic rings. The molecule has 0 amide bonds. The van der Waals surface area contributed by atoms with Crippen LogP contribution in [0.15, 0.2) is 16.3 Å². The van der Waals surface area contributed by atoms with Gasteiger partial charge in [0.2, 0.25) is 0 Å². The number of allylic oxidation sites excluding steroid dienone is 2. The second kappa shape index (κ2) is 4.92. The van der Waals surface area contributed by atoms with Crippen LogP contribution in [-0.2, 0) is 9.53 Å². The smallest absolute Gasteiger partial charge is 0.315 e. The first-order valence-electron chi connectivity index (χ1n) is 8.98. The van der Waals surface area contributed by atoms with Crippen molar-refractivity contribution in [2.24, 2.45) is 27.7 Å². The third-order valence-electron chi connectivity index (χ3n) is 7.30. The molecule has 4 rings (SSSR count). The van der Waals surface area contributed by atoms with Gasteiger partial charge in [0.25, 0.3) is 0 Å². The van der Waals surface area contributed by atoms with Gasteiger partial charge < -0.3 is 9.84 Å². The molecule has 0 aromatic rings. The highest BCUT2D eigenvalue weighted by atomic mass is 16.5. The fourth-order valence-corrected chi connectivity index (χ4v) is 5.75. The Morgan fingerprint density at radius 2 is 2.04 bits per heavy atom. The first kappa shape index (κ1) is 15.4. The molecule has 0 radical (unpaired) electrons. The molecule has 126 valence electrons. The summed E-state index contributed by atoms with van der Waals surface area (Å²) < 4.78 is 5.94. The molecule has 4 nitrogen and oxygen atoms in total. The molecule has 0 saturated heterocycles. The second-order valence-electron chi connectivity index (χ2n) is 8.47. The van der Waals surface area contributed by atoms with Crippen LogP contribution in [0.1, 0.15) is 58.8 Å². The van der Waals surface area contributed by atoms with Gasteiger partial charge in [0, 0.05) is 30.5 Å². The summed E-state index contributed by atoms with van der Waals surface area (Å²) in [5, 5.41) is 10.5. The lowest BCUT2D eigenvalue weighted by molar-refractivity contribution is -0.155. The Morgan fingerprint density at radius 3 is 2.78 bits per heavy atom. The summed E-state index contributed by atoms with van der Waals surface area (Å²) in [5.74, 6) is 1.08. The predicted molar refractivity (Wildman–Crippen MR) is 88.0 cm³/mol. The first-order valence-corrected chi connectivity index (χ1v) is 8.98. The van der Waals surface area contributed by atoms with Crippen LogP contribution < -0.4 is 0 Å². The lowest BCUT2D eigenvalue weighted by Crippen LogP contribution is -2.52. The zero-order chi connectivity index (χ0) is 16.4. The number of fused-ring (bicyclic) bond motifs is 4. The Bertz CT molecular complexity index is 622. The number of ether oxygens (including phenoxy) is 1. The fraction of sp³-hybridized carbons (Fsp3) is 0.789. The molecule has 5 atom stereocenters. The number of hydrogen-bond acceptors (Lipinski definition) is 4. The van der Waals surface area contributed by atoms with E-state index < -0.39 is 6.10 Å². The lowest BCUT2D eigenvalue weighted by Gasteiger charge is -2.52. The van der Waals surface area contributed by atoms with E-state index in [1.165, 1.54) is 24.8 Å². The number of rotatable bonds is 0. The van der Waals surface area contributed by atoms with Gasteiger partial charge in [0.15, 0.2) is 0 Å². The van der Waals surface area contributed by atoms with Crippen LogP contribution in [0.2, 0.25) is 0 Å². The van der Waals surface area contributed by atoms with Crippen molar-refractivity contribution in [2.45, 2.75) is 64.9 Å². The van der Waals surface area contributed by atoms with Gasteiger partial charge in [-0.25, -0.2) is 0 Å². The Labute approximate surface area is 138 Å². The number of aliphatic hydroxyl groups excluding tert-OH is 1. The van der Waals surface area contributed by atoms with Gasteiger partial charge in [-0.15, -0.1) is 0 Å². The number of aliphatic hydroxyl groups is 1. The van der Waals surface area contributed by atoms with Crippen LogP contribution in [0.4, 0.5) is 0 Å². The maximum atomic E-state index is 12.8. The Morgan fingerprint density at radius 1 is 1.26 bits per heavy atom. The van der Waals surface area contributed by atoms with E-state index in [2.05, 4.69) is 18.8 Å². The van der Waals surface area contributed by atoms with Crippen molar-refractivity contribution >= 4 is 11.7 Å². The van der Waals surface area contributed by atoms with Gasteiger partial charge in [-0.1, -0.05) is 20.3 Å². The highest BCUT2D eigenvalue weighted by Gasteiger charge is 2.57. The monoisotopic (exact) mass is 317 g/mol. The molecule has 0 bridgehead atoms. The first-order chi connectivity index (χ1) is 10.9. The molecule has 5 unspecified atom stereocenters. The van der Waals surface area contributed by atoms with Crippen LogP contribution in [0.5, 0.6) is 0 Å². The maximum Gasteiger partial charge on any atom is 0.315 e. The summed E-state index contributed by atoms with van der Waals surface area (Å²) in [6, 6.07) is 0. The van der Waals surface area contributed by atoms with Crippen molar-refractivity contribution in [1.29, 1.82) is 0 Å². The maximum absolute atomic E-state index is 12.8. The van der Waals surface area contributed by atoms with E-state index in [-0.39, 0.29) is 17.3 Å². The molecule has 1 aliphatic heterocycles. The van der Waals surface area contributed by atoms with Gasteiger partial charge >= 0.3 is 5.97 Å². The topological polar surface area (TPSA) is 58.9 Å². The average molecular weight is 317 g/mol. The Hall–Kier alpha value is -1.16. The SMILES string of the molecule is CN=C1CC2C(=O)OC3=C(CCC4(C)CCCC34)C2(C)CC1O. The number of carbonyl (C=O) groups is 1. The van der Waals surface area contributed by atoms with E-state index >= 15 is 0 Å². The third kappa shape index (κ3) is 2.00. The number of aliphatic imine (C=N–C) groups is 1. The zero-order valence-electron chi connectivity index (χ0n) is 14.4. The molecular formula is C19H27NO3. The van der Waals surface area contributed by atoms with Crippen molar-refractivity contribution in [1.82, 2.24) is 0 Å². The fourth-order valence-electron chi connectivity index (χ4n) is 5.75. The van der Waals surface area contributed by atoms with Crippen LogP contribution in [0.3, 0.4) is 0 Å². The lowest BCUT2D eigenvalue weighted by atomic mass is 9.56. The Balaban J connectivity index is 1.79. The average Bonchev–Trinajstić information content (AvgIpc) is 2.89. The van der Waals surface area contributed by atoms with Crippen molar-refractivity contribution in [3.8, 4) is 0 Å². The molecular weight excluding hydrogens is 290 g/mol. The van der Waals surface area contributed by atoms with E-state index in [0.717, 1.165) is 24.3 Å². The minimum absolute atomic E-state index is 0.101. The van der Waals surface area contributed by atoms with Gasteiger partial charge in [0.1, 0.15) is 5.76 Å². The minimum Gasteiger partial charge on any atom is -0.431 e. The summed E-state index contributed by atoms with van der Waals surface area (Å²) in [6.45, 7) is 4.52. The molecule has 1 heterocycles. The van der Waals surface area contributed by atoms with Crippen LogP contribution in [0.25, 0.3) is 0 Å². The quantitative estimate of drug-likeness (QED) is 0.698. The minimum atomic E-state index is -0.530. The Kier molecular flexibility index (Phi) is 3.29. The van der Waals surface area contributed by atoms with E-state index in [4.69, 9.17) is 4.74 Å². The molecule has 2 fully saturated rings. The summed E-state index contributed by atoms with van der Waals surface area (Å²) in [7, 11) is 1.70. The zero-order valence-corrected chi connectivity index (χ0v) is 14.4. The highest BCUT2D eigenvalue weighted by Crippen LogP contribution is 2.61. The van der Waals surface area contributed by atoms with Crippen LogP contribution in [0, 0.1) is 22.7 Å². The number of hydrogen-bond donors (Lipinski definition) is 1. The molecule has 3 aliphatic carbocycles. The molecule has 2 saturated carbocycles. The van der Waals surface area contributed by atoms with E-state index in [9.17, 15) is 9.90 Å². The molecule has 0 aromatic carbocycles. The molecule has 4 heteroatoms. The second-order valence-corrected chi connectivity index (χ2v) is 8.47. The van der Waals surface area contributed by atoms with Crippen LogP contribution in [-0.4, -0.2) is 29.9 Å². The van der Waals surface area contributed by atoms with E-state index in [1.807, 2.05) is 0 Å². The normalized spacial score (nSPS) is 47.9. The summed E-state index contributed by atoms with van der Waals surface area (Å²) in [5.41, 5.74) is 2.10. The third-order valence-corrected chi connectivity index (χ3v) is 7.30. The molecule has 1 N–H and O–H groups in total. The van der Waals surface area contributed by atoms with Crippen molar-refractivity contribution in [2.75, 3.05) is 7.05 Å². The standard InChI is InChI=1S/C19H27NO3/c1-18-7-4-5-11(18)16-12(6-8-18)19(2)10-15(21)14(20-3)9-13(19)17(22)23-16/h11,13,15,21H,4-10H2,1-3H3. The van der Waals surface area contributed by atoms with E-state index in [1.54, 1.807) is 7.05 Å². The van der Waals surface area contributed by atoms with Gasteiger partial charge in [-0.3, -0.25) is 9.79 Å². The van der Waals surface area contributed by atoms with E-state index in [0.29, 0.717) is 24.2 Å². The predicted octanol–water partition coefficient (Wildman–Crippen LogP) is 3.25. The van der Waals surface area contributed by atoms with Crippen molar-refractivity contribution in [3.63, 3.8) is 0 Å². The van der Waals surface area contributed by atoms with Gasteiger partial charge in [-0.2, -0.15) is 0 Å². The molecule has 0 aromatic heterocycles. The summed E-state index contributed by atoms with van der Waals surface area (Å²) >= 11 is 0. The summed E-state index contributed by atoms with van der Waals surface area (Å²) in [6.07, 6.45) is 6.39. The number of nitrogens with zero attached hydrogens (tertiary/aromatic N) is 1. The van der Waals surface area contributed by atoms with Crippen molar-refractivity contribution < 1.29 is 14.6 Å². The van der Waals surface area contributed by atoms with Gasteiger partial charge in [0.05, 0.1) is 12.0 Å². The van der Waals surface area contributed by atoms with Gasteiger partial charge in [-0.05, 0) is 43.1 Å². The number of carbonyl (C=O) groups excluding carboxylic acids is 1.